The van der Waals surface area contributed by atoms with Gasteiger partial charge in [-0.15, -0.1) is 0 Å². The van der Waals surface area contributed by atoms with Gasteiger partial charge in [-0.2, -0.15) is 5.10 Å². The second kappa shape index (κ2) is 8.65. The van der Waals surface area contributed by atoms with E-state index < -0.39 is 6.10 Å². The molecule has 3 aromatic carbocycles. The molecule has 0 aliphatic rings. The summed E-state index contributed by atoms with van der Waals surface area (Å²) >= 11 is 0. The first-order chi connectivity index (χ1) is 14.6. The zero-order valence-corrected chi connectivity index (χ0v) is 16.3. The summed E-state index contributed by atoms with van der Waals surface area (Å²) in [5.41, 5.74) is 1.16. The summed E-state index contributed by atoms with van der Waals surface area (Å²) < 4.78 is 25.0. The SMILES string of the molecule is CC(Oc1ccccc1)C(=O)Nc1n[nH]c2cc(OCc3ccccc3F)ccc12. The highest BCUT2D eigenvalue weighted by atomic mass is 19.1. The van der Waals surface area contributed by atoms with Crippen LogP contribution in [0, 0.1) is 5.82 Å². The van der Waals surface area contributed by atoms with E-state index in [-0.39, 0.29) is 18.3 Å². The Labute approximate surface area is 172 Å². The molecule has 0 saturated heterocycles. The molecule has 4 rings (SSSR count). The molecule has 6 nitrogen and oxygen atoms in total. The minimum absolute atomic E-state index is 0.115. The van der Waals surface area contributed by atoms with Crippen LogP contribution in [0.15, 0.2) is 72.8 Å². The maximum absolute atomic E-state index is 13.7. The van der Waals surface area contributed by atoms with Crippen LogP contribution in [0.1, 0.15) is 12.5 Å². The fourth-order valence-corrected chi connectivity index (χ4v) is 2.94. The first kappa shape index (κ1) is 19.4. The summed E-state index contributed by atoms with van der Waals surface area (Å²) in [5, 5.41) is 10.5. The number of aromatic amines is 1. The predicted molar refractivity (Wildman–Crippen MR) is 112 cm³/mol. The number of amides is 1. The summed E-state index contributed by atoms with van der Waals surface area (Å²) in [5.74, 6) is 0.958. The van der Waals surface area contributed by atoms with Gasteiger partial charge in [0.05, 0.1) is 5.52 Å². The van der Waals surface area contributed by atoms with Crippen LogP contribution in [-0.4, -0.2) is 22.2 Å². The van der Waals surface area contributed by atoms with Gasteiger partial charge in [-0.1, -0.05) is 36.4 Å². The fraction of sp³-hybridized carbons (Fsp3) is 0.130. The number of fused-ring (bicyclic) bond motifs is 1. The molecule has 30 heavy (non-hydrogen) atoms. The van der Waals surface area contributed by atoms with Crippen molar-refractivity contribution in [3.63, 3.8) is 0 Å². The molecule has 1 aromatic heterocycles. The van der Waals surface area contributed by atoms with Crippen LogP contribution in [-0.2, 0) is 11.4 Å². The van der Waals surface area contributed by atoms with Gasteiger partial charge in [0.15, 0.2) is 11.9 Å². The molecular weight excluding hydrogens is 385 g/mol. The largest absolute Gasteiger partial charge is 0.489 e. The molecule has 0 bridgehead atoms. The van der Waals surface area contributed by atoms with Crippen LogP contribution in [0.2, 0.25) is 0 Å². The van der Waals surface area contributed by atoms with Crippen LogP contribution >= 0.6 is 0 Å². The Kier molecular flexibility index (Phi) is 5.61. The number of anilines is 1. The van der Waals surface area contributed by atoms with E-state index in [0.29, 0.717) is 28.4 Å². The number of halogens is 1. The second-order valence-corrected chi connectivity index (χ2v) is 6.72. The number of H-pyrrole nitrogens is 1. The number of aromatic nitrogens is 2. The lowest BCUT2D eigenvalue weighted by molar-refractivity contribution is -0.122. The molecule has 0 saturated carbocycles. The highest BCUT2D eigenvalue weighted by molar-refractivity contribution is 6.01. The third-order valence-corrected chi connectivity index (χ3v) is 4.55. The van der Waals surface area contributed by atoms with E-state index in [4.69, 9.17) is 9.47 Å². The monoisotopic (exact) mass is 405 g/mol. The van der Waals surface area contributed by atoms with Crippen LogP contribution in [0.5, 0.6) is 11.5 Å². The van der Waals surface area contributed by atoms with Gasteiger partial charge in [-0.05, 0) is 37.3 Å². The zero-order valence-electron chi connectivity index (χ0n) is 16.3. The van der Waals surface area contributed by atoms with E-state index in [2.05, 4.69) is 15.5 Å². The van der Waals surface area contributed by atoms with Crippen molar-refractivity contribution in [3.8, 4) is 11.5 Å². The quantitative estimate of drug-likeness (QED) is 0.468. The number of hydrogen-bond acceptors (Lipinski definition) is 4. The number of para-hydroxylation sites is 1. The van der Waals surface area contributed by atoms with E-state index in [1.165, 1.54) is 6.07 Å². The van der Waals surface area contributed by atoms with Crippen molar-refractivity contribution >= 4 is 22.6 Å². The Balaban J connectivity index is 1.42. The number of nitrogens with one attached hydrogen (secondary N) is 2. The van der Waals surface area contributed by atoms with Gasteiger partial charge < -0.3 is 14.8 Å². The average Bonchev–Trinajstić information content (AvgIpc) is 3.16. The van der Waals surface area contributed by atoms with E-state index in [1.807, 2.05) is 18.2 Å². The Bertz CT molecular complexity index is 1160. The number of nitrogens with zero attached hydrogens (tertiary/aromatic N) is 1. The van der Waals surface area contributed by atoms with Crippen molar-refractivity contribution in [2.45, 2.75) is 19.6 Å². The van der Waals surface area contributed by atoms with Crippen molar-refractivity contribution in [1.82, 2.24) is 10.2 Å². The number of benzene rings is 3. The topological polar surface area (TPSA) is 76.2 Å². The smallest absolute Gasteiger partial charge is 0.266 e. The van der Waals surface area contributed by atoms with Crippen LogP contribution in [0.4, 0.5) is 10.2 Å². The summed E-state index contributed by atoms with van der Waals surface area (Å²) in [4.78, 5) is 12.5. The summed E-state index contributed by atoms with van der Waals surface area (Å²) in [6.45, 7) is 1.79. The standard InChI is InChI=1S/C23H20FN3O3/c1-15(30-17-8-3-2-4-9-17)23(28)25-22-19-12-11-18(13-21(19)26-27-22)29-14-16-7-5-6-10-20(16)24/h2-13,15H,14H2,1H3,(H2,25,26,27,28). The maximum atomic E-state index is 13.7. The Morgan fingerprint density at radius 3 is 2.63 bits per heavy atom. The zero-order chi connectivity index (χ0) is 20.9. The Morgan fingerprint density at radius 2 is 1.83 bits per heavy atom. The van der Waals surface area contributed by atoms with Crippen molar-refractivity contribution in [2.24, 2.45) is 0 Å². The maximum Gasteiger partial charge on any atom is 0.266 e. The molecule has 0 aliphatic carbocycles. The van der Waals surface area contributed by atoms with Crippen molar-refractivity contribution in [2.75, 3.05) is 5.32 Å². The molecule has 0 spiro atoms. The average molecular weight is 405 g/mol. The minimum Gasteiger partial charge on any atom is -0.489 e. The second-order valence-electron chi connectivity index (χ2n) is 6.72. The number of ether oxygens (including phenoxy) is 2. The van der Waals surface area contributed by atoms with Crippen molar-refractivity contribution in [3.05, 3.63) is 84.2 Å². The lowest BCUT2D eigenvalue weighted by atomic mass is 10.2. The summed E-state index contributed by atoms with van der Waals surface area (Å²) in [7, 11) is 0. The molecule has 0 aliphatic heterocycles. The third-order valence-electron chi connectivity index (χ3n) is 4.55. The van der Waals surface area contributed by atoms with E-state index in [1.54, 1.807) is 55.5 Å². The molecular formula is C23H20FN3O3. The lowest BCUT2D eigenvalue weighted by Crippen LogP contribution is -2.30. The summed E-state index contributed by atoms with van der Waals surface area (Å²) in [6.07, 6.45) is -0.692. The predicted octanol–water partition coefficient (Wildman–Crippen LogP) is 4.69. The molecule has 152 valence electrons. The Morgan fingerprint density at radius 1 is 1.07 bits per heavy atom. The molecule has 0 radical (unpaired) electrons. The van der Waals surface area contributed by atoms with Crippen molar-refractivity contribution < 1.29 is 18.7 Å². The molecule has 7 heteroatoms. The van der Waals surface area contributed by atoms with Crippen molar-refractivity contribution in [1.29, 1.82) is 0 Å². The first-order valence-electron chi connectivity index (χ1n) is 9.47. The number of carbonyl (C=O) groups excluding carboxylic acids is 1. The van der Waals surface area contributed by atoms with Crippen LogP contribution in [0.3, 0.4) is 0 Å². The number of carbonyl (C=O) groups is 1. The van der Waals surface area contributed by atoms with Gasteiger partial charge in [0.2, 0.25) is 0 Å². The minimum atomic E-state index is -0.692. The van der Waals surface area contributed by atoms with Gasteiger partial charge >= 0.3 is 0 Å². The van der Waals surface area contributed by atoms with Gasteiger partial charge in [0.25, 0.3) is 5.91 Å². The lowest BCUT2D eigenvalue weighted by Gasteiger charge is -2.13. The Hall–Kier alpha value is -3.87. The van der Waals surface area contributed by atoms with E-state index in [9.17, 15) is 9.18 Å². The molecule has 1 unspecified atom stereocenters. The molecule has 0 fully saturated rings. The highest BCUT2D eigenvalue weighted by Crippen LogP contribution is 2.26. The molecule has 1 atom stereocenters. The van der Waals surface area contributed by atoms with Gasteiger partial charge in [0, 0.05) is 17.0 Å². The number of hydrogen-bond donors (Lipinski definition) is 2. The molecule has 1 amide bonds. The van der Waals surface area contributed by atoms with Crippen LogP contribution < -0.4 is 14.8 Å². The first-order valence-corrected chi connectivity index (χ1v) is 9.47. The van der Waals surface area contributed by atoms with E-state index in [0.717, 1.165) is 5.39 Å². The fourth-order valence-electron chi connectivity index (χ4n) is 2.94. The normalized spacial score (nSPS) is 11.8. The number of rotatable bonds is 7. The highest BCUT2D eigenvalue weighted by Gasteiger charge is 2.17. The summed E-state index contributed by atoms with van der Waals surface area (Å²) in [6, 6.07) is 20.9. The van der Waals surface area contributed by atoms with Gasteiger partial charge in [0.1, 0.15) is 23.9 Å². The van der Waals surface area contributed by atoms with Gasteiger partial charge in [-0.3, -0.25) is 9.89 Å². The van der Waals surface area contributed by atoms with Gasteiger partial charge in [-0.25, -0.2) is 4.39 Å². The molecule has 4 aromatic rings. The van der Waals surface area contributed by atoms with E-state index >= 15 is 0 Å². The van der Waals surface area contributed by atoms with Crippen LogP contribution in [0.25, 0.3) is 10.9 Å². The molecule has 1 heterocycles. The molecule has 2 N–H and O–H groups in total. The third kappa shape index (κ3) is 4.41.